The van der Waals surface area contributed by atoms with Crippen molar-refractivity contribution in [3.05, 3.63) is 22.7 Å². The Morgan fingerprint density at radius 1 is 1.43 bits per heavy atom. The molecule has 5 N–H and O–H groups in total. The van der Waals surface area contributed by atoms with Crippen molar-refractivity contribution in [1.82, 2.24) is 14.6 Å². The van der Waals surface area contributed by atoms with Gasteiger partial charge in [0.2, 0.25) is 0 Å². The zero-order valence-corrected chi connectivity index (χ0v) is 18.1. The summed E-state index contributed by atoms with van der Waals surface area (Å²) in [5, 5.41) is 21.6. The van der Waals surface area contributed by atoms with Crippen LogP contribution >= 0.6 is 8.18 Å². The highest BCUT2D eigenvalue weighted by atomic mass is 31.1. The Bertz CT molecular complexity index is 793. The van der Waals surface area contributed by atoms with Crippen LogP contribution in [-0.2, 0) is 23.4 Å². The molecule has 12 nitrogen and oxygen atoms in total. The topological polar surface area (TPSA) is 175 Å². The van der Waals surface area contributed by atoms with Crippen LogP contribution in [0, 0.1) is 0 Å². The number of alkyl halides is 1. The Balaban J connectivity index is 2.82. The molecule has 0 aliphatic rings. The number of halogens is 1. The molecule has 0 aliphatic heterocycles. The number of ether oxygens (including phenoxy) is 2. The summed E-state index contributed by atoms with van der Waals surface area (Å²) in [5.74, 6) is -3.73. The van der Waals surface area contributed by atoms with Gasteiger partial charge in [-0.05, 0) is 33.8 Å². The van der Waals surface area contributed by atoms with E-state index in [0.29, 0.717) is 0 Å². The van der Waals surface area contributed by atoms with Crippen LogP contribution in [0.25, 0.3) is 0 Å². The van der Waals surface area contributed by atoms with Gasteiger partial charge in [-0.2, -0.15) is 4.98 Å². The van der Waals surface area contributed by atoms with Gasteiger partial charge in [0, 0.05) is 6.20 Å². The average molecular weight is 454 g/mol. The molecule has 0 fully saturated rings. The van der Waals surface area contributed by atoms with Crippen LogP contribution in [0.1, 0.15) is 33.9 Å². The van der Waals surface area contributed by atoms with E-state index in [-0.39, 0.29) is 11.9 Å². The highest BCUT2D eigenvalue weighted by Crippen LogP contribution is 2.29. The number of carbonyl (C=O) groups is 1. The minimum Gasteiger partial charge on any atom is -0.462 e. The lowest BCUT2D eigenvalue weighted by Gasteiger charge is -2.32. The van der Waals surface area contributed by atoms with Crippen molar-refractivity contribution in [3.63, 3.8) is 0 Å². The maximum Gasteiger partial charge on any atom is 0.351 e. The molecule has 0 bridgehead atoms. The smallest absolute Gasteiger partial charge is 0.351 e. The number of nitrogens with two attached hydrogens (primary N) is 1. The van der Waals surface area contributed by atoms with E-state index in [4.69, 9.17) is 19.7 Å². The van der Waals surface area contributed by atoms with Gasteiger partial charge in [-0.15, -0.1) is 0 Å². The molecule has 0 amide bonds. The van der Waals surface area contributed by atoms with Crippen molar-refractivity contribution < 1.29 is 38.0 Å². The number of aliphatic hydroxyl groups excluding tert-OH is 2. The monoisotopic (exact) mass is 454 g/mol. The minimum atomic E-state index is -3.15. The highest BCUT2D eigenvalue weighted by Gasteiger charge is 2.41. The lowest BCUT2D eigenvalue weighted by molar-refractivity contribution is -0.263. The molecule has 1 rings (SSSR count). The van der Waals surface area contributed by atoms with E-state index in [2.05, 4.69) is 10.1 Å². The van der Waals surface area contributed by atoms with Crippen molar-refractivity contribution in [2.24, 2.45) is 0 Å². The Labute approximate surface area is 173 Å². The quantitative estimate of drug-likeness (QED) is 0.241. The van der Waals surface area contributed by atoms with Gasteiger partial charge in [0.1, 0.15) is 24.6 Å². The lowest BCUT2D eigenvalue weighted by Crippen LogP contribution is -2.47. The van der Waals surface area contributed by atoms with E-state index in [1.165, 1.54) is 13.0 Å². The second kappa shape index (κ2) is 11.5. The molecule has 172 valence electrons. The maximum atomic E-state index is 15.2. The van der Waals surface area contributed by atoms with Crippen molar-refractivity contribution in [2.45, 2.75) is 58.0 Å². The van der Waals surface area contributed by atoms with E-state index in [9.17, 15) is 24.4 Å². The summed E-state index contributed by atoms with van der Waals surface area (Å²) in [6.45, 7) is 3.81. The van der Waals surface area contributed by atoms with Gasteiger partial charge < -0.3 is 29.9 Å². The fourth-order valence-electron chi connectivity index (χ4n) is 2.08. The zero-order chi connectivity index (χ0) is 23.1. The van der Waals surface area contributed by atoms with E-state index < -0.39 is 57.3 Å². The maximum absolute atomic E-state index is 15.2. The SMILES string of the molecule is CC(C)OC(=O)[C@H](C)N[PH](=O)OC[C@@](F)(O[C@H](CO)n1ccc(N)nc1=O)[C@H](C)O. The number of hydrogen-bond acceptors (Lipinski definition) is 10. The molecule has 1 aromatic rings. The molecule has 0 aliphatic carbocycles. The van der Waals surface area contributed by atoms with E-state index in [1.54, 1.807) is 13.8 Å². The third-order valence-electron chi connectivity index (χ3n) is 3.71. The summed E-state index contributed by atoms with van der Waals surface area (Å²) >= 11 is 0. The second-order valence-corrected chi connectivity index (χ2v) is 7.84. The first kappa shape index (κ1) is 26.1. The van der Waals surface area contributed by atoms with Crippen molar-refractivity contribution in [3.8, 4) is 0 Å². The molecule has 0 saturated carbocycles. The second-order valence-electron chi connectivity index (χ2n) is 6.69. The van der Waals surface area contributed by atoms with Gasteiger partial charge in [0.25, 0.3) is 14.0 Å². The number of aliphatic hydroxyl groups is 2. The fourth-order valence-corrected chi connectivity index (χ4v) is 2.96. The molecule has 0 radical (unpaired) electrons. The number of carbonyl (C=O) groups excluding carboxylic acids is 1. The molecule has 0 aromatic carbocycles. The first-order valence-corrected chi connectivity index (χ1v) is 10.3. The highest BCUT2D eigenvalue weighted by molar-refractivity contribution is 7.36. The number of nitrogen functional groups attached to an aromatic ring is 1. The summed E-state index contributed by atoms with van der Waals surface area (Å²) < 4.78 is 42.9. The summed E-state index contributed by atoms with van der Waals surface area (Å²) in [5.41, 5.74) is 4.46. The Kier molecular flexibility index (Phi) is 10.0. The van der Waals surface area contributed by atoms with E-state index in [1.807, 2.05) is 0 Å². The molecular weight excluding hydrogens is 426 g/mol. The zero-order valence-electron chi connectivity index (χ0n) is 17.1. The molecule has 0 saturated heterocycles. The first-order chi connectivity index (χ1) is 13.9. The largest absolute Gasteiger partial charge is 0.462 e. The number of hydrogen-bond donors (Lipinski definition) is 4. The number of anilines is 1. The number of nitrogens with zero attached hydrogens (tertiary/aromatic N) is 2. The third kappa shape index (κ3) is 7.74. The molecule has 30 heavy (non-hydrogen) atoms. The van der Waals surface area contributed by atoms with E-state index in [0.717, 1.165) is 17.7 Å². The summed E-state index contributed by atoms with van der Waals surface area (Å²) in [7, 11) is -3.15. The van der Waals surface area contributed by atoms with Gasteiger partial charge in [0.05, 0.1) is 12.7 Å². The van der Waals surface area contributed by atoms with E-state index >= 15 is 4.39 Å². The Morgan fingerprint density at radius 2 is 2.07 bits per heavy atom. The van der Waals surface area contributed by atoms with Crippen LogP contribution in [0.3, 0.4) is 0 Å². The van der Waals surface area contributed by atoms with Crippen LogP contribution in [0.15, 0.2) is 17.1 Å². The molecule has 1 heterocycles. The molecule has 5 atom stereocenters. The normalized spacial score (nSPS) is 17.7. The number of aromatic nitrogens is 2. The number of esters is 1. The van der Waals surface area contributed by atoms with Crippen LogP contribution in [-0.4, -0.2) is 63.1 Å². The van der Waals surface area contributed by atoms with Gasteiger partial charge in [-0.3, -0.25) is 13.9 Å². The van der Waals surface area contributed by atoms with Crippen molar-refractivity contribution in [2.75, 3.05) is 18.9 Å². The lowest BCUT2D eigenvalue weighted by atomic mass is 10.2. The number of nitrogens with one attached hydrogen (secondary N) is 1. The van der Waals surface area contributed by atoms with Crippen LogP contribution in [0.5, 0.6) is 0 Å². The molecule has 14 heteroatoms. The average Bonchev–Trinajstić information content (AvgIpc) is 2.64. The summed E-state index contributed by atoms with van der Waals surface area (Å²) in [4.78, 5) is 27.0. The standard InChI is InChI=1S/C16H28FN4O8P/c1-9(2)28-14(24)10(3)20-30(26)27-8-16(17,11(4)23)29-13(7-22)21-6-5-12(18)19-15(21)25/h5-6,9-11,13,22-23,30H,7-8H2,1-4H3,(H,20,26)(H2,18,19,25)/t10-,11-,13+,16+/m0/s1. The molecular formula is C16H28FN4O8P. The van der Waals surface area contributed by atoms with Crippen LogP contribution < -0.4 is 16.5 Å². The third-order valence-corrected chi connectivity index (χ3v) is 4.79. The number of rotatable bonds is 12. The molecule has 0 spiro atoms. The summed E-state index contributed by atoms with van der Waals surface area (Å²) in [6.07, 6.45) is -2.64. The predicted octanol–water partition coefficient (Wildman–Crippen LogP) is -0.284. The van der Waals surface area contributed by atoms with Gasteiger partial charge in [-0.1, -0.05) is 0 Å². The van der Waals surface area contributed by atoms with Gasteiger partial charge in [0.15, 0.2) is 6.23 Å². The predicted molar refractivity (Wildman–Crippen MR) is 104 cm³/mol. The van der Waals surface area contributed by atoms with Gasteiger partial charge in [-0.25, -0.2) is 14.3 Å². The van der Waals surface area contributed by atoms with Crippen molar-refractivity contribution >= 4 is 20.0 Å². The van der Waals surface area contributed by atoms with Crippen molar-refractivity contribution in [1.29, 1.82) is 0 Å². The molecule has 1 aromatic heterocycles. The Hall–Kier alpha value is -1.89. The van der Waals surface area contributed by atoms with Crippen LogP contribution in [0.4, 0.5) is 10.2 Å². The van der Waals surface area contributed by atoms with Gasteiger partial charge >= 0.3 is 11.7 Å². The Morgan fingerprint density at radius 3 is 2.57 bits per heavy atom. The summed E-state index contributed by atoms with van der Waals surface area (Å²) in [6, 6.07) is 0.233. The molecule has 1 unspecified atom stereocenters. The first-order valence-electron chi connectivity index (χ1n) is 9.03. The van der Waals surface area contributed by atoms with Crippen LogP contribution in [0.2, 0.25) is 0 Å². The minimum absolute atomic E-state index is 0.0897. The fraction of sp³-hybridized carbons (Fsp3) is 0.688.